The molecule has 0 unspecified atom stereocenters. The van der Waals surface area contributed by atoms with E-state index in [2.05, 4.69) is 29.1 Å². The molecule has 1 fully saturated rings. The average Bonchev–Trinajstić information content (AvgIpc) is 2.71. The SMILES string of the molecule is CC(C)N[C@H]1CC[C@H](c2cnc[nH]2)OC1. The molecule has 4 nitrogen and oxygen atoms in total. The number of hydrogen-bond acceptors (Lipinski definition) is 3. The van der Waals surface area contributed by atoms with E-state index < -0.39 is 0 Å². The Morgan fingerprint density at radius 2 is 2.40 bits per heavy atom. The Kier molecular flexibility index (Phi) is 3.38. The molecule has 4 heteroatoms. The number of ether oxygens (including phenoxy) is 1. The summed E-state index contributed by atoms with van der Waals surface area (Å²) in [7, 11) is 0. The van der Waals surface area contributed by atoms with Crippen LogP contribution < -0.4 is 5.32 Å². The normalized spacial score (nSPS) is 27.1. The molecule has 0 saturated carbocycles. The highest BCUT2D eigenvalue weighted by molar-refractivity contribution is 5.01. The summed E-state index contributed by atoms with van der Waals surface area (Å²) in [6.07, 6.45) is 5.99. The van der Waals surface area contributed by atoms with Crippen LogP contribution in [0.1, 0.15) is 38.5 Å². The molecule has 0 spiro atoms. The van der Waals surface area contributed by atoms with Crippen molar-refractivity contribution in [3.63, 3.8) is 0 Å². The Morgan fingerprint density at radius 1 is 1.53 bits per heavy atom. The van der Waals surface area contributed by atoms with Gasteiger partial charge in [-0.25, -0.2) is 4.98 Å². The van der Waals surface area contributed by atoms with Crippen LogP contribution in [-0.4, -0.2) is 28.7 Å². The fourth-order valence-electron chi connectivity index (χ4n) is 2.04. The van der Waals surface area contributed by atoms with Gasteiger partial charge in [-0.15, -0.1) is 0 Å². The van der Waals surface area contributed by atoms with Gasteiger partial charge >= 0.3 is 0 Å². The number of nitrogens with one attached hydrogen (secondary N) is 2. The maximum absolute atomic E-state index is 5.80. The van der Waals surface area contributed by atoms with Crippen molar-refractivity contribution in [3.05, 3.63) is 18.2 Å². The maximum atomic E-state index is 5.80. The van der Waals surface area contributed by atoms with Gasteiger partial charge in [-0.05, 0) is 12.8 Å². The predicted octanol–water partition coefficient (Wildman–Crippen LogP) is 1.63. The third-order valence-corrected chi connectivity index (χ3v) is 2.71. The van der Waals surface area contributed by atoms with Crippen molar-refractivity contribution < 1.29 is 4.74 Å². The summed E-state index contributed by atoms with van der Waals surface area (Å²) in [6, 6.07) is 1.03. The molecule has 2 rings (SSSR count). The molecule has 0 amide bonds. The van der Waals surface area contributed by atoms with Gasteiger partial charge in [-0.2, -0.15) is 0 Å². The summed E-state index contributed by atoms with van der Waals surface area (Å²) in [6.45, 7) is 5.13. The largest absolute Gasteiger partial charge is 0.370 e. The zero-order valence-electron chi connectivity index (χ0n) is 9.36. The molecular formula is C11H19N3O. The summed E-state index contributed by atoms with van der Waals surface area (Å²) in [5.74, 6) is 0. The van der Waals surface area contributed by atoms with Crippen molar-refractivity contribution in [1.29, 1.82) is 0 Å². The molecule has 0 aromatic carbocycles. The highest BCUT2D eigenvalue weighted by atomic mass is 16.5. The van der Waals surface area contributed by atoms with E-state index in [-0.39, 0.29) is 6.10 Å². The monoisotopic (exact) mass is 209 g/mol. The predicted molar refractivity (Wildman–Crippen MR) is 58.6 cm³/mol. The highest BCUT2D eigenvalue weighted by Crippen LogP contribution is 2.26. The van der Waals surface area contributed by atoms with Crippen LogP contribution in [0, 0.1) is 0 Å². The summed E-state index contributed by atoms with van der Waals surface area (Å²) < 4.78 is 5.80. The van der Waals surface area contributed by atoms with E-state index in [4.69, 9.17) is 4.74 Å². The van der Waals surface area contributed by atoms with Gasteiger partial charge in [0.05, 0.1) is 30.9 Å². The van der Waals surface area contributed by atoms with Crippen molar-refractivity contribution in [2.75, 3.05) is 6.61 Å². The van der Waals surface area contributed by atoms with Crippen molar-refractivity contribution >= 4 is 0 Å². The number of nitrogens with zero attached hydrogens (tertiary/aromatic N) is 1. The van der Waals surface area contributed by atoms with Gasteiger partial charge in [0.2, 0.25) is 0 Å². The van der Waals surface area contributed by atoms with E-state index in [1.165, 1.54) is 6.42 Å². The molecule has 2 atom stereocenters. The minimum atomic E-state index is 0.206. The minimum absolute atomic E-state index is 0.206. The lowest BCUT2D eigenvalue weighted by Gasteiger charge is -2.30. The van der Waals surface area contributed by atoms with Gasteiger partial charge in [0.1, 0.15) is 0 Å². The van der Waals surface area contributed by atoms with E-state index >= 15 is 0 Å². The topological polar surface area (TPSA) is 49.9 Å². The molecule has 1 aliphatic rings. The number of H-pyrrole nitrogens is 1. The minimum Gasteiger partial charge on any atom is -0.370 e. The van der Waals surface area contributed by atoms with Crippen molar-refractivity contribution in [2.45, 2.75) is 44.9 Å². The number of aromatic nitrogens is 2. The zero-order valence-corrected chi connectivity index (χ0v) is 9.36. The highest BCUT2D eigenvalue weighted by Gasteiger charge is 2.23. The number of aromatic amines is 1. The second kappa shape index (κ2) is 4.77. The molecule has 0 radical (unpaired) electrons. The molecular weight excluding hydrogens is 190 g/mol. The Hall–Kier alpha value is -0.870. The first-order chi connectivity index (χ1) is 7.25. The second-order valence-corrected chi connectivity index (χ2v) is 4.42. The fourth-order valence-corrected chi connectivity index (χ4v) is 2.04. The van der Waals surface area contributed by atoms with Crippen molar-refractivity contribution in [2.24, 2.45) is 0 Å². The van der Waals surface area contributed by atoms with Crippen LogP contribution in [0.15, 0.2) is 12.5 Å². The summed E-state index contributed by atoms with van der Waals surface area (Å²) in [5.41, 5.74) is 1.10. The van der Waals surface area contributed by atoms with Gasteiger partial charge < -0.3 is 15.0 Å². The van der Waals surface area contributed by atoms with E-state index in [9.17, 15) is 0 Å². The van der Waals surface area contributed by atoms with Gasteiger partial charge in [0.25, 0.3) is 0 Å². The lowest BCUT2D eigenvalue weighted by Crippen LogP contribution is -2.41. The summed E-state index contributed by atoms with van der Waals surface area (Å²) in [5, 5.41) is 3.50. The maximum Gasteiger partial charge on any atom is 0.0989 e. The molecule has 2 N–H and O–H groups in total. The first kappa shape index (κ1) is 10.6. The molecule has 15 heavy (non-hydrogen) atoms. The van der Waals surface area contributed by atoms with E-state index in [1.807, 2.05) is 6.20 Å². The fraction of sp³-hybridized carbons (Fsp3) is 0.727. The van der Waals surface area contributed by atoms with Crippen LogP contribution in [0.5, 0.6) is 0 Å². The molecule has 1 saturated heterocycles. The van der Waals surface area contributed by atoms with Crippen molar-refractivity contribution in [1.82, 2.24) is 15.3 Å². The quantitative estimate of drug-likeness (QED) is 0.795. The Morgan fingerprint density at radius 3 is 2.93 bits per heavy atom. The van der Waals surface area contributed by atoms with Crippen LogP contribution in [0.25, 0.3) is 0 Å². The smallest absolute Gasteiger partial charge is 0.0989 e. The lowest BCUT2D eigenvalue weighted by atomic mass is 10.0. The average molecular weight is 209 g/mol. The van der Waals surface area contributed by atoms with Crippen LogP contribution in [-0.2, 0) is 4.74 Å². The van der Waals surface area contributed by atoms with Crippen LogP contribution in [0.3, 0.4) is 0 Å². The van der Waals surface area contributed by atoms with E-state index in [0.29, 0.717) is 12.1 Å². The Labute approximate surface area is 90.4 Å². The number of hydrogen-bond donors (Lipinski definition) is 2. The molecule has 84 valence electrons. The standard InChI is InChI=1S/C11H19N3O/c1-8(2)14-9-3-4-11(15-6-9)10-5-12-7-13-10/h5,7-9,11,14H,3-4,6H2,1-2H3,(H,12,13)/t9-,11+/m0/s1. The summed E-state index contributed by atoms with van der Waals surface area (Å²) >= 11 is 0. The van der Waals surface area contributed by atoms with Crippen LogP contribution in [0.4, 0.5) is 0 Å². The van der Waals surface area contributed by atoms with Crippen LogP contribution >= 0.6 is 0 Å². The molecule has 1 aromatic heterocycles. The summed E-state index contributed by atoms with van der Waals surface area (Å²) in [4.78, 5) is 7.12. The molecule has 1 aromatic rings. The molecule has 0 bridgehead atoms. The third kappa shape index (κ3) is 2.79. The van der Waals surface area contributed by atoms with Gasteiger partial charge in [-0.3, -0.25) is 0 Å². The third-order valence-electron chi connectivity index (χ3n) is 2.71. The lowest BCUT2D eigenvalue weighted by molar-refractivity contribution is -0.00772. The first-order valence-electron chi connectivity index (χ1n) is 5.61. The molecule has 2 heterocycles. The first-order valence-corrected chi connectivity index (χ1v) is 5.61. The molecule has 1 aliphatic heterocycles. The Bertz CT molecular complexity index is 276. The zero-order chi connectivity index (χ0) is 10.7. The number of imidazole rings is 1. The van der Waals surface area contributed by atoms with Gasteiger partial charge in [0.15, 0.2) is 0 Å². The number of rotatable bonds is 3. The molecule has 0 aliphatic carbocycles. The van der Waals surface area contributed by atoms with Crippen molar-refractivity contribution in [3.8, 4) is 0 Å². The van der Waals surface area contributed by atoms with Gasteiger partial charge in [0, 0.05) is 12.1 Å². The Balaban J connectivity index is 1.82. The van der Waals surface area contributed by atoms with Crippen LogP contribution in [0.2, 0.25) is 0 Å². The van der Waals surface area contributed by atoms with Gasteiger partial charge in [-0.1, -0.05) is 13.8 Å². The van der Waals surface area contributed by atoms with E-state index in [1.54, 1.807) is 6.33 Å². The van der Waals surface area contributed by atoms with E-state index in [0.717, 1.165) is 18.7 Å². The second-order valence-electron chi connectivity index (χ2n) is 4.42.